The van der Waals surface area contributed by atoms with Crippen molar-refractivity contribution in [3.05, 3.63) is 18.3 Å². The van der Waals surface area contributed by atoms with Gasteiger partial charge in [0.1, 0.15) is 5.82 Å². The minimum absolute atomic E-state index is 0.0332. The fourth-order valence-corrected chi connectivity index (χ4v) is 2.13. The first-order chi connectivity index (χ1) is 7.55. The molecule has 16 heavy (non-hydrogen) atoms. The van der Waals surface area contributed by atoms with Crippen LogP contribution in [-0.2, 0) is 4.74 Å². The molecule has 88 valence electrons. The lowest BCUT2D eigenvalue weighted by molar-refractivity contribution is -0.0553. The van der Waals surface area contributed by atoms with Gasteiger partial charge in [-0.1, -0.05) is 0 Å². The lowest BCUT2D eigenvalue weighted by Crippen LogP contribution is -2.40. The van der Waals surface area contributed by atoms with Crippen molar-refractivity contribution < 1.29 is 4.74 Å². The van der Waals surface area contributed by atoms with Gasteiger partial charge in [-0.25, -0.2) is 4.98 Å². The molecule has 1 aromatic heterocycles. The predicted molar refractivity (Wildman–Crippen MR) is 65.3 cm³/mol. The van der Waals surface area contributed by atoms with E-state index in [0.29, 0.717) is 11.9 Å². The first kappa shape index (κ1) is 11.2. The smallest absolute Gasteiger partial charge is 0.125 e. The van der Waals surface area contributed by atoms with Crippen LogP contribution in [0.2, 0.25) is 0 Å². The molecular formula is C12H19N3O. The minimum Gasteiger partial charge on any atom is -0.384 e. The second-order valence-corrected chi connectivity index (χ2v) is 4.91. The number of hydrogen-bond donors (Lipinski definition) is 2. The second-order valence-electron chi connectivity index (χ2n) is 4.91. The van der Waals surface area contributed by atoms with Crippen LogP contribution in [0.3, 0.4) is 0 Å². The van der Waals surface area contributed by atoms with Gasteiger partial charge in [0.2, 0.25) is 0 Å². The van der Waals surface area contributed by atoms with E-state index in [-0.39, 0.29) is 5.60 Å². The first-order valence-corrected chi connectivity index (χ1v) is 5.67. The van der Waals surface area contributed by atoms with Crippen molar-refractivity contribution in [3.63, 3.8) is 0 Å². The maximum atomic E-state index is 5.68. The molecule has 0 amide bonds. The highest BCUT2D eigenvalue weighted by molar-refractivity contribution is 5.50. The van der Waals surface area contributed by atoms with Gasteiger partial charge in [-0.2, -0.15) is 0 Å². The van der Waals surface area contributed by atoms with E-state index < -0.39 is 0 Å². The summed E-state index contributed by atoms with van der Waals surface area (Å²) in [4.78, 5) is 3.97. The molecule has 2 rings (SSSR count). The third-order valence-electron chi connectivity index (χ3n) is 2.85. The second kappa shape index (κ2) is 4.29. The Kier molecular flexibility index (Phi) is 3.01. The third kappa shape index (κ3) is 2.85. The van der Waals surface area contributed by atoms with Gasteiger partial charge in [0.25, 0.3) is 0 Å². The number of aromatic nitrogens is 1. The Labute approximate surface area is 96.2 Å². The molecule has 4 heteroatoms. The van der Waals surface area contributed by atoms with Gasteiger partial charge in [-0.3, -0.25) is 0 Å². The quantitative estimate of drug-likeness (QED) is 0.802. The topological polar surface area (TPSA) is 60.2 Å². The molecular weight excluding hydrogens is 202 g/mol. The van der Waals surface area contributed by atoms with Crippen molar-refractivity contribution in [1.82, 2.24) is 4.98 Å². The fraction of sp³-hybridized carbons (Fsp3) is 0.583. The molecule has 2 heterocycles. The SMILES string of the molecule is CC1(C)CC(Nc2ccnc(N)c2)CCO1. The van der Waals surface area contributed by atoms with Crippen molar-refractivity contribution in [3.8, 4) is 0 Å². The van der Waals surface area contributed by atoms with E-state index in [1.807, 2.05) is 12.1 Å². The van der Waals surface area contributed by atoms with Gasteiger partial charge in [0.15, 0.2) is 0 Å². The summed E-state index contributed by atoms with van der Waals surface area (Å²) in [5.74, 6) is 0.552. The molecule has 0 aromatic carbocycles. The van der Waals surface area contributed by atoms with E-state index in [9.17, 15) is 0 Å². The molecule has 1 aliphatic heterocycles. The zero-order valence-corrected chi connectivity index (χ0v) is 9.86. The van der Waals surface area contributed by atoms with Gasteiger partial charge in [0.05, 0.1) is 5.60 Å². The molecule has 1 fully saturated rings. The third-order valence-corrected chi connectivity index (χ3v) is 2.85. The van der Waals surface area contributed by atoms with Gasteiger partial charge in [-0.15, -0.1) is 0 Å². The number of ether oxygens (including phenoxy) is 1. The van der Waals surface area contributed by atoms with Crippen molar-refractivity contribution >= 4 is 11.5 Å². The van der Waals surface area contributed by atoms with E-state index in [4.69, 9.17) is 10.5 Å². The molecule has 3 N–H and O–H groups in total. The van der Waals surface area contributed by atoms with E-state index in [1.54, 1.807) is 6.20 Å². The van der Waals surface area contributed by atoms with Crippen molar-refractivity contribution in [1.29, 1.82) is 0 Å². The maximum Gasteiger partial charge on any atom is 0.125 e. The monoisotopic (exact) mass is 221 g/mol. The summed E-state index contributed by atoms with van der Waals surface area (Å²) in [7, 11) is 0. The van der Waals surface area contributed by atoms with Crippen LogP contribution >= 0.6 is 0 Å². The van der Waals surface area contributed by atoms with E-state index in [2.05, 4.69) is 24.1 Å². The number of nitrogens with two attached hydrogens (primary N) is 1. The summed E-state index contributed by atoms with van der Waals surface area (Å²) in [5, 5.41) is 3.48. The van der Waals surface area contributed by atoms with Crippen LogP contribution < -0.4 is 11.1 Å². The Hall–Kier alpha value is -1.29. The summed E-state index contributed by atoms with van der Waals surface area (Å²) in [6, 6.07) is 4.26. The van der Waals surface area contributed by atoms with Gasteiger partial charge < -0.3 is 15.8 Å². The standard InChI is InChI=1S/C12H19N3O/c1-12(2)8-10(4-6-16-12)15-9-3-5-14-11(13)7-9/h3,5,7,10H,4,6,8H2,1-2H3,(H3,13,14,15). The van der Waals surface area contributed by atoms with Crippen molar-refractivity contribution in [2.75, 3.05) is 17.7 Å². The lowest BCUT2D eigenvalue weighted by Gasteiger charge is -2.36. The van der Waals surface area contributed by atoms with Crippen molar-refractivity contribution in [2.45, 2.75) is 38.3 Å². The number of pyridine rings is 1. The molecule has 1 aromatic rings. The normalized spacial score (nSPS) is 24.0. The Balaban J connectivity index is 1.99. The molecule has 1 unspecified atom stereocenters. The van der Waals surface area contributed by atoms with Crippen molar-refractivity contribution in [2.24, 2.45) is 0 Å². The highest BCUT2D eigenvalue weighted by Gasteiger charge is 2.28. The summed E-state index contributed by atoms with van der Waals surface area (Å²) >= 11 is 0. The van der Waals surface area contributed by atoms with Gasteiger partial charge in [0, 0.05) is 30.6 Å². The molecule has 1 saturated heterocycles. The number of anilines is 2. The molecule has 0 radical (unpaired) electrons. The van der Waals surface area contributed by atoms with E-state index in [0.717, 1.165) is 25.1 Å². The van der Waals surface area contributed by atoms with Crippen LogP contribution in [0.15, 0.2) is 18.3 Å². The molecule has 0 spiro atoms. The maximum absolute atomic E-state index is 5.68. The summed E-state index contributed by atoms with van der Waals surface area (Å²) in [5.41, 5.74) is 6.65. The Bertz CT molecular complexity index is 365. The number of hydrogen-bond acceptors (Lipinski definition) is 4. The zero-order chi connectivity index (χ0) is 11.6. The highest BCUT2D eigenvalue weighted by Crippen LogP contribution is 2.26. The largest absolute Gasteiger partial charge is 0.384 e. The summed E-state index contributed by atoms with van der Waals surface area (Å²) < 4.78 is 5.68. The van der Waals surface area contributed by atoms with E-state index in [1.165, 1.54) is 0 Å². The average molecular weight is 221 g/mol. The molecule has 0 aliphatic carbocycles. The molecule has 0 saturated carbocycles. The Morgan fingerprint density at radius 3 is 3.06 bits per heavy atom. The predicted octanol–water partition coefficient (Wildman–Crippen LogP) is 2.03. The Morgan fingerprint density at radius 2 is 2.38 bits per heavy atom. The van der Waals surface area contributed by atoms with Crippen LogP contribution in [0.5, 0.6) is 0 Å². The minimum atomic E-state index is -0.0332. The Morgan fingerprint density at radius 1 is 1.56 bits per heavy atom. The number of nitrogens with zero attached hydrogens (tertiary/aromatic N) is 1. The van der Waals surface area contributed by atoms with Gasteiger partial charge >= 0.3 is 0 Å². The van der Waals surface area contributed by atoms with Crippen LogP contribution in [0.25, 0.3) is 0 Å². The highest BCUT2D eigenvalue weighted by atomic mass is 16.5. The average Bonchev–Trinajstić information content (AvgIpc) is 2.15. The van der Waals surface area contributed by atoms with Crippen LogP contribution in [0.1, 0.15) is 26.7 Å². The first-order valence-electron chi connectivity index (χ1n) is 5.67. The van der Waals surface area contributed by atoms with Gasteiger partial charge in [-0.05, 0) is 32.8 Å². The lowest BCUT2D eigenvalue weighted by atomic mass is 9.94. The fourth-order valence-electron chi connectivity index (χ4n) is 2.13. The summed E-state index contributed by atoms with van der Waals surface area (Å²) in [6.07, 6.45) is 3.77. The van der Waals surface area contributed by atoms with Crippen LogP contribution in [-0.4, -0.2) is 23.2 Å². The molecule has 4 nitrogen and oxygen atoms in total. The zero-order valence-electron chi connectivity index (χ0n) is 9.86. The summed E-state index contributed by atoms with van der Waals surface area (Å²) in [6.45, 7) is 5.06. The number of nitrogens with one attached hydrogen (secondary N) is 1. The molecule has 0 bridgehead atoms. The number of rotatable bonds is 2. The molecule has 1 atom stereocenters. The van der Waals surface area contributed by atoms with Crippen LogP contribution in [0.4, 0.5) is 11.5 Å². The number of nitrogen functional groups attached to an aromatic ring is 1. The van der Waals surface area contributed by atoms with Crippen LogP contribution in [0, 0.1) is 0 Å². The van der Waals surface area contributed by atoms with E-state index >= 15 is 0 Å². The molecule has 1 aliphatic rings.